The summed E-state index contributed by atoms with van der Waals surface area (Å²) in [4.78, 5) is 0.0741. The van der Waals surface area contributed by atoms with Gasteiger partial charge in [0.05, 0.1) is 4.88 Å². The highest BCUT2D eigenvalue weighted by molar-refractivity contribution is 7.79. The summed E-state index contributed by atoms with van der Waals surface area (Å²) in [6.07, 6.45) is -2.36. The third kappa shape index (κ3) is 1.77. The van der Waals surface area contributed by atoms with E-state index in [-0.39, 0.29) is 4.88 Å². The summed E-state index contributed by atoms with van der Waals surface area (Å²) in [5, 5.41) is 0. The van der Waals surface area contributed by atoms with Crippen molar-refractivity contribution in [3.05, 3.63) is 14.8 Å². The zero-order valence-electron chi connectivity index (χ0n) is 4.14. The van der Waals surface area contributed by atoms with Crippen LogP contribution in [-0.2, 0) is 0 Å². The second-order valence-electron chi connectivity index (χ2n) is 1.33. The van der Waals surface area contributed by atoms with Gasteiger partial charge in [0, 0.05) is 0 Å². The zero-order valence-corrected chi connectivity index (χ0v) is 6.58. The van der Waals surface area contributed by atoms with Crippen LogP contribution in [0.25, 0.3) is 0 Å². The number of alkyl halides is 2. The molecule has 0 N–H and O–H groups in total. The molecule has 0 aromatic carbocycles. The van der Waals surface area contributed by atoms with E-state index < -0.39 is 6.43 Å². The summed E-state index contributed by atoms with van der Waals surface area (Å²) in [6.45, 7) is 0. The average Bonchev–Trinajstić information content (AvgIpc) is 2.14. The minimum absolute atomic E-state index is 0.0741. The molecule has 0 spiro atoms. The van der Waals surface area contributed by atoms with E-state index in [1.165, 1.54) is 16.4 Å². The zero-order chi connectivity index (χ0) is 6.85. The fourth-order valence-corrected chi connectivity index (χ4v) is 2.57. The first-order valence-electron chi connectivity index (χ1n) is 2.08. The van der Waals surface area contributed by atoms with Gasteiger partial charge < -0.3 is 0 Å². The standard InChI is InChI=1S/C4H2F2S3/c5-4(6)2-1-3(7)9-8-2/h1,4H. The Morgan fingerprint density at radius 3 is 2.33 bits per heavy atom. The Morgan fingerprint density at radius 1 is 1.44 bits per heavy atom. The van der Waals surface area contributed by atoms with Crippen molar-refractivity contribution in [1.29, 1.82) is 0 Å². The summed E-state index contributed by atoms with van der Waals surface area (Å²) in [6, 6.07) is 1.34. The van der Waals surface area contributed by atoms with Gasteiger partial charge in [-0.2, -0.15) is 0 Å². The highest BCUT2D eigenvalue weighted by atomic mass is 32.9. The highest BCUT2D eigenvalue weighted by Crippen LogP contribution is 2.27. The van der Waals surface area contributed by atoms with E-state index in [9.17, 15) is 8.78 Å². The minimum atomic E-state index is -2.36. The molecule has 0 aliphatic rings. The third-order valence-electron chi connectivity index (χ3n) is 0.695. The van der Waals surface area contributed by atoms with Crippen molar-refractivity contribution in [2.24, 2.45) is 0 Å². The van der Waals surface area contributed by atoms with E-state index in [2.05, 4.69) is 12.2 Å². The molecule has 0 nitrogen and oxygen atoms in total. The van der Waals surface area contributed by atoms with Crippen LogP contribution in [0.2, 0.25) is 0 Å². The Morgan fingerprint density at radius 2 is 2.11 bits per heavy atom. The summed E-state index contributed by atoms with van der Waals surface area (Å²) >= 11 is 4.65. The molecule has 0 bridgehead atoms. The molecule has 0 saturated carbocycles. The lowest BCUT2D eigenvalue weighted by molar-refractivity contribution is 0.155. The second-order valence-corrected chi connectivity index (χ2v) is 4.28. The maximum Gasteiger partial charge on any atom is 0.273 e. The minimum Gasteiger partial charge on any atom is -0.204 e. The first-order valence-corrected chi connectivity index (χ1v) is 4.64. The Balaban J connectivity index is 2.98. The largest absolute Gasteiger partial charge is 0.273 e. The van der Waals surface area contributed by atoms with Crippen LogP contribution in [0.3, 0.4) is 0 Å². The fourth-order valence-electron chi connectivity index (χ4n) is 0.353. The second kappa shape index (κ2) is 2.81. The quantitative estimate of drug-likeness (QED) is 0.475. The molecule has 0 unspecified atom stereocenters. The van der Waals surface area contributed by atoms with Gasteiger partial charge in [-0.3, -0.25) is 0 Å². The molecule has 1 aromatic heterocycles. The summed E-state index contributed by atoms with van der Waals surface area (Å²) < 4.78 is 24.0. The van der Waals surface area contributed by atoms with Crippen molar-refractivity contribution in [3.8, 4) is 0 Å². The Hall–Kier alpha value is 0.130. The van der Waals surface area contributed by atoms with Gasteiger partial charge in [-0.1, -0.05) is 32.9 Å². The van der Waals surface area contributed by atoms with Crippen molar-refractivity contribution in [3.63, 3.8) is 0 Å². The Labute approximate surface area is 63.2 Å². The van der Waals surface area contributed by atoms with Gasteiger partial charge in [-0.15, -0.1) is 0 Å². The molecule has 5 heteroatoms. The van der Waals surface area contributed by atoms with E-state index in [4.69, 9.17) is 0 Å². The third-order valence-corrected chi connectivity index (χ3v) is 3.60. The van der Waals surface area contributed by atoms with Crippen LogP contribution in [0.5, 0.6) is 0 Å². The topological polar surface area (TPSA) is 0 Å². The molecule has 0 atom stereocenters. The molecule has 1 aromatic rings. The molecule has 50 valence electrons. The molecular weight excluding hydrogens is 182 g/mol. The number of hydrogen-bond donors (Lipinski definition) is 0. The van der Waals surface area contributed by atoms with E-state index in [1.807, 2.05) is 0 Å². The van der Waals surface area contributed by atoms with Crippen LogP contribution in [0, 0.1) is 3.82 Å². The van der Waals surface area contributed by atoms with Crippen molar-refractivity contribution in [1.82, 2.24) is 0 Å². The van der Waals surface area contributed by atoms with Crippen molar-refractivity contribution < 1.29 is 8.78 Å². The van der Waals surface area contributed by atoms with Crippen molar-refractivity contribution >= 4 is 32.9 Å². The van der Waals surface area contributed by atoms with E-state index in [1.54, 1.807) is 0 Å². The summed E-state index contributed by atoms with van der Waals surface area (Å²) in [5.41, 5.74) is 0. The monoisotopic (exact) mass is 184 g/mol. The molecule has 0 fully saturated rings. The predicted molar refractivity (Wildman–Crippen MR) is 38.0 cm³/mol. The van der Waals surface area contributed by atoms with E-state index in [0.717, 1.165) is 10.3 Å². The SMILES string of the molecule is FC(F)c1cc(=S)ss1. The van der Waals surface area contributed by atoms with Crippen LogP contribution in [0.1, 0.15) is 11.3 Å². The van der Waals surface area contributed by atoms with Crippen molar-refractivity contribution in [2.75, 3.05) is 0 Å². The maximum atomic E-state index is 11.8. The van der Waals surface area contributed by atoms with Gasteiger partial charge in [-0.05, 0) is 6.07 Å². The molecule has 0 amide bonds. The van der Waals surface area contributed by atoms with Gasteiger partial charge in [0.15, 0.2) is 0 Å². The molecule has 1 heterocycles. The first-order chi connectivity index (χ1) is 4.20. The maximum absolute atomic E-state index is 11.8. The van der Waals surface area contributed by atoms with E-state index >= 15 is 0 Å². The molecule has 0 saturated heterocycles. The van der Waals surface area contributed by atoms with Gasteiger partial charge >= 0.3 is 0 Å². The van der Waals surface area contributed by atoms with Crippen LogP contribution in [0.4, 0.5) is 8.78 Å². The molecular formula is C4H2F2S3. The van der Waals surface area contributed by atoms with Gasteiger partial charge in [-0.25, -0.2) is 8.78 Å². The lowest BCUT2D eigenvalue weighted by Crippen LogP contribution is -1.72. The lowest BCUT2D eigenvalue weighted by atomic mass is 10.5. The molecule has 0 radical (unpaired) electrons. The lowest BCUT2D eigenvalue weighted by Gasteiger charge is -1.86. The molecule has 0 aliphatic carbocycles. The normalized spacial score (nSPS) is 10.6. The van der Waals surface area contributed by atoms with Gasteiger partial charge in [0.2, 0.25) is 0 Å². The van der Waals surface area contributed by atoms with Gasteiger partial charge in [0.25, 0.3) is 6.43 Å². The first kappa shape index (κ1) is 7.24. The number of rotatable bonds is 1. The molecule has 0 aliphatic heterocycles. The molecule has 9 heavy (non-hydrogen) atoms. The number of halogens is 2. The summed E-state index contributed by atoms with van der Waals surface area (Å²) in [7, 11) is 2.25. The smallest absolute Gasteiger partial charge is 0.204 e. The Bertz CT molecular complexity index is 236. The van der Waals surface area contributed by atoms with Crippen LogP contribution < -0.4 is 0 Å². The van der Waals surface area contributed by atoms with E-state index in [0.29, 0.717) is 3.82 Å². The predicted octanol–water partition coefficient (Wildman–Crippen LogP) is 3.48. The highest BCUT2D eigenvalue weighted by Gasteiger charge is 2.07. The van der Waals surface area contributed by atoms with Crippen LogP contribution in [0.15, 0.2) is 6.07 Å². The van der Waals surface area contributed by atoms with Crippen LogP contribution >= 0.6 is 32.9 Å². The van der Waals surface area contributed by atoms with Crippen LogP contribution in [-0.4, -0.2) is 0 Å². The summed E-state index contributed by atoms with van der Waals surface area (Å²) in [5.74, 6) is 0. The fraction of sp³-hybridized carbons (Fsp3) is 0.250. The van der Waals surface area contributed by atoms with Crippen molar-refractivity contribution in [2.45, 2.75) is 6.43 Å². The Kier molecular flexibility index (Phi) is 2.26. The molecule has 1 rings (SSSR count). The average molecular weight is 184 g/mol. The van der Waals surface area contributed by atoms with Gasteiger partial charge in [0.1, 0.15) is 3.82 Å². The number of hydrogen-bond acceptors (Lipinski definition) is 3.